The molecule has 0 radical (unpaired) electrons. The third kappa shape index (κ3) is 9.65. The van der Waals surface area contributed by atoms with Crippen molar-refractivity contribution in [3.05, 3.63) is 0 Å². The smallest absolute Gasteiger partial charge is 0.233 e. The van der Waals surface area contributed by atoms with Gasteiger partial charge in [-0.25, -0.2) is 0 Å². The highest BCUT2D eigenvalue weighted by Crippen LogP contribution is 1.83. The summed E-state index contributed by atoms with van der Waals surface area (Å²) in [5.74, 6) is -0.0342. The van der Waals surface area contributed by atoms with Gasteiger partial charge in [0.2, 0.25) is 5.91 Å². The molecule has 0 aromatic rings. The molecular weight excluding hydrogens is 196 g/mol. The Morgan fingerprint density at radius 3 is 2.87 bits per heavy atom. The average Bonchev–Trinajstić information content (AvgIpc) is 2.18. The molecule has 5 nitrogen and oxygen atoms in total. The van der Waals surface area contributed by atoms with Gasteiger partial charge in [0.25, 0.3) is 0 Å². The van der Waals surface area contributed by atoms with Crippen molar-refractivity contribution in [2.75, 3.05) is 33.4 Å². The van der Waals surface area contributed by atoms with Crippen LogP contribution in [-0.4, -0.2) is 50.5 Å². The molecule has 1 atom stereocenters. The van der Waals surface area contributed by atoms with Crippen LogP contribution in [0.15, 0.2) is 0 Å². The molecular formula is C10H22N2O3. The topological polar surface area (TPSA) is 70.6 Å². The van der Waals surface area contributed by atoms with Crippen molar-refractivity contribution in [2.24, 2.45) is 0 Å². The number of unbranched alkanes of at least 4 members (excludes halogenated alkanes) is 1. The number of carbonyl (C=O) groups excluding carboxylic acids is 1. The second-order valence-electron chi connectivity index (χ2n) is 3.44. The van der Waals surface area contributed by atoms with Crippen LogP contribution < -0.4 is 10.6 Å². The summed E-state index contributed by atoms with van der Waals surface area (Å²) in [6.45, 7) is 3.69. The molecule has 0 aliphatic rings. The van der Waals surface area contributed by atoms with Crippen molar-refractivity contribution >= 4 is 5.91 Å². The summed E-state index contributed by atoms with van der Waals surface area (Å²) < 4.78 is 4.75. The second kappa shape index (κ2) is 9.89. The van der Waals surface area contributed by atoms with E-state index in [9.17, 15) is 9.90 Å². The lowest BCUT2D eigenvalue weighted by atomic mass is 10.3. The first kappa shape index (κ1) is 14.3. The molecule has 90 valence electrons. The quantitative estimate of drug-likeness (QED) is 0.456. The van der Waals surface area contributed by atoms with Crippen LogP contribution in [0.5, 0.6) is 0 Å². The van der Waals surface area contributed by atoms with Crippen molar-refractivity contribution in [2.45, 2.75) is 25.9 Å². The summed E-state index contributed by atoms with van der Waals surface area (Å²) in [6.07, 6.45) is 1.51. The number of hydrogen-bond acceptors (Lipinski definition) is 4. The van der Waals surface area contributed by atoms with E-state index in [1.165, 1.54) is 7.11 Å². The van der Waals surface area contributed by atoms with Crippen LogP contribution in [0.25, 0.3) is 0 Å². The SMILES string of the molecule is CCCCNC(=O)CNCC(O)COC. The number of nitrogens with one attached hydrogen (secondary N) is 2. The number of methoxy groups -OCH3 is 1. The van der Waals surface area contributed by atoms with Crippen LogP contribution in [0.2, 0.25) is 0 Å². The normalized spacial score (nSPS) is 12.5. The zero-order valence-electron chi connectivity index (χ0n) is 9.58. The molecule has 0 aliphatic heterocycles. The molecule has 0 aliphatic carbocycles. The predicted molar refractivity (Wildman–Crippen MR) is 58.7 cm³/mol. The van der Waals surface area contributed by atoms with E-state index in [1.807, 2.05) is 0 Å². The molecule has 15 heavy (non-hydrogen) atoms. The lowest BCUT2D eigenvalue weighted by Gasteiger charge is -2.10. The summed E-state index contributed by atoms with van der Waals surface area (Å²) in [6, 6.07) is 0. The first-order valence-electron chi connectivity index (χ1n) is 5.35. The van der Waals surface area contributed by atoms with Crippen molar-refractivity contribution in [1.82, 2.24) is 10.6 Å². The maximum absolute atomic E-state index is 11.2. The largest absolute Gasteiger partial charge is 0.389 e. The lowest BCUT2D eigenvalue weighted by molar-refractivity contribution is -0.120. The molecule has 0 heterocycles. The molecule has 0 bridgehead atoms. The predicted octanol–water partition coefficient (Wildman–Crippen LogP) is -0.500. The van der Waals surface area contributed by atoms with Gasteiger partial charge in [-0.2, -0.15) is 0 Å². The van der Waals surface area contributed by atoms with Gasteiger partial charge >= 0.3 is 0 Å². The van der Waals surface area contributed by atoms with Crippen molar-refractivity contribution in [3.8, 4) is 0 Å². The van der Waals surface area contributed by atoms with Gasteiger partial charge in [0.15, 0.2) is 0 Å². The molecule has 0 rings (SSSR count). The van der Waals surface area contributed by atoms with E-state index in [0.717, 1.165) is 19.4 Å². The van der Waals surface area contributed by atoms with E-state index in [0.29, 0.717) is 6.54 Å². The summed E-state index contributed by atoms with van der Waals surface area (Å²) in [5.41, 5.74) is 0. The van der Waals surface area contributed by atoms with Gasteiger partial charge in [-0.05, 0) is 6.42 Å². The van der Waals surface area contributed by atoms with Crippen LogP contribution in [-0.2, 0) is 9.53 Å². The molecule has 0 aromatic carbocycles. The fraction of sp³-hybridized carbons (Fsp3) is 0.900. The Morgan fingerprint density at radius 2 is 2.27 bits per heavy atom. The van der Waals surface area contributed by atoms with Crippen LogP contribution in [0.3, 0.4) is 0 Å². The minimum Gasteiger partial charge on any atom is -0.389 e. The molecule has 0 fully saturated rings. The van der Waals surface area contributed by atoms with E-state index in [1.54, 1.807) is 0 Å². The molecule has 0 aromatic heterocycles. The average molecular weight is 218 g/mol. The zero-order valence-corrected chi connectivity index (χ0v) is 9.58. The van der Waals surface area contributed by atoms with Crippen molar-refractivity contribution in [3.63, 3.8) is 0 Å². The summed E-state index contributed by atoms with van der Waals surface area (Å²) in [5, 5.41) is 14.9. The molecule has 0 spiro atoms. The van der Waals surface area contributed by atoms with Crippen LogP contribution in [0, 0.1) is 0 Å². The van der Waals surface area contributed by atoms with Gasteiger partial charge < -0.3 is 20.5 Å². The Bertz CT molecular complexity index is 165. The summed E-state index contributed by atoms with van der Waals surface area (Å²) in [4.78, 5) is 11.2. The number of carbonyl (C=O) groups is 1. The van der Waals surface area contributed by atoms with Gasteiger partial charge in [-0.15, -0.1) is 0 Å². The molecule has 0 saturated carbocycles. The summed E-state index contributed by atoms with van der Waals surface area (Å²) in [7, 11) is 1.53. The van der Waals surface area contributed by atoms with Crippen molar-refractivity contribution < 1.29 is 14.6 Å². The number of amides is 1. The lowest BCUT2D eigenvalue weighted by Crippen LogP contribution is -2.38. The van der Waals surface area contributed by atoms with Crippen LogP contribution in [0.1, 0.15) is 19.8 Å². The number of ether oxygens (including phenoxy) is 1. The molecule has 1 amide bonds. The third-order valence-electron chi connectivity index (χ3n) is 1.88. The maximum Gasteiger partial charge on any atom is 0.233 e. The number of hydrogen-bond donors (Lipinski definition) is 3. The molecule has 3 N–H and O–H groups in total. The Labute approximate surface area is 91.2 Å². The minimum atomic E-state index is -0.557. The van der Waals surface area contributed by atoms with Crippen LogP contribution >= 0.6 is 0 Å². The number of aliphatic hydroxyl groups excluding tert-OH is 1. The Hall–Kier alpha value is -0.650. The van der Waals surface area contributed by atoms with Gasteiger partial charge in [-0.1, -0.05) is 13.3 Å². The van der Waals surface area contributed by atoms with Crippen LogP contribution in [0.4, 0.5) is 0 Å². The molecule has 5 heteroatoms. The summed E-state index contributed by atoms with van der Waals surface area (Å²) >= 11 is 0. The van der Waals surface area contributed by atoms with E-state index in [-0.39, 0.29) is 19.1 Å². The number of rotatable bonds is 9. The monoisotopic (exact) mass is 218 g/mol. The van der Waals surface area contributed by atoms with E-state index < -0.39 is 6.10 Å². The van der Waals surface area contributed by atoms with E-state index in [4.69, 9.17) is 4.74 Å². The third-order valence-corrected chi connectivity index (χ3v) is 1.88. The highest BCUT2D eigenvalue weighted by molar-refractivity contribution is 5.77. The highest BCUT2D eigenvalue weighted by atomic mass is 16.5. The van der Waals surface area contributed by atoms with E-state index in [2.05, 4.69) is 17.6 Å². The molecule has 1 unspecified atom stereocenters. The zero-order chi connectivity index (χ0) is 11.5. The Balaban J connectivity index is 3.30. The van der Waals surface area contributed by atoms with Crippen molar-refractivity contribution in [1.29, 1.82) is 0 Å². The standard InChI is InChI=1S/C10H22N2O3/c1-3-4-5-12-10(14)7-11-6-9(13)8-15-2/h9,11,13H,3-8H2,1-2H3,(H,12,14). The maximum atomic E-state index is 11.2. The van der Waals surface area contributed by atoms with Gasteiger partial charge in [0.1, 0.15) is 0 Å². The Morgan fingerprint density at radius 1 is 1.53 bits per heavy atom. The second-order valence-corrected chi connectivity index (χ2v) is 3.44. The first-order chi connectivity index (χ1) is 7.20. The highest BCUT2D eigenvalue weighted by Gasteiger charge is 2.04. The fourth-order valence-electron chi connectivity index (χ4n) is 1.07. The van der Waals surface area contributed by atoms with E-state index >= 15 is 0 Å². The molecule has 0 saturated heterocycles. The Kier molecular flexibility index (Phi) is 9.46. The first-order valence-corrected chi connectivity index (χ1v) is 5.35. The van der Waals surface area contributed by atoms with Gasteiger partial charge in [0.05, 0.1) is 19.3 Å². The number of aliphatic hydroxyl groups is 1. The fourth-order valence-corrected chi connectivity index (χ4v) is 1.07. The minimum absolute atomic E-state index is 0.0342. The van der Waals surface area contributed by atoms with Gasteiger partial charge in [-0.3, -0.25) is 4.79 Å². The van der Waals surface area contributed by atoms with Gasteiger partial charge in [0, 0.05) is 20.2 Å².